The maximum atomic E-state index is 15.4. The van der Waals surface area contributed by atoms with Gasteiger partial charge in [-0.15, -0.1) is 5.10 Å². The predicted molar refractivity (Wildman–Crippen MR) is 138 cm³/mol. The second-order valence-corrected chi connectivity index (χ2v) is 10.6. The number of hydrogen-bond donors (Lipinski definition) is 1. The van der Waals surface area contributed by atoms with Crippen LogP contribution in [0.15, 0.2) is 65.6 Å². The molecule has 0 amide bonds. The van der Waals surface area contributed by atoms with Crippen molar-refractivity contribution in [2.75, 3.05) is 18.4 Å². The molecule has 2 aromatic carbocycles. The van der Waals surface area contributed by atoms with Crippen LogP contribution in [0.5, 0.6) is 5.75 Å². The van der Waals surface area contributed by atoms with E-state index in [4.69, 9.17) is 4.74 Å². The van der Waals surface area contributed by atoms with Crippen molar-refractivity contribution in [3.8, 4) is 22.6 Å². The summed E-state index contributed by atoms with van der Waals surface area (Å²) in [5.41, 5.74) is -1.86. The Hall–Kier alpha value is -4.37. The summed E-state index contributed by atoms with van der Waals surface area (Å²) in [6.45, 7) is -0.158. The summed E-state index contributed by atoms with van der Waals surface area (Å²) in [4.78, 5) is 13.0. The summed E-state index contributed by atoms with van der Waals surface area (Å²) >= 11 is 0. The molecule has 15 heteroatoms. The van der Waals surface area contributed by atoms with Crippen LogP contribution in [0, 0.1) is 11.6 Å². The van der Waals surface area contributed by atoms with Gasteiger partial charge in [-0.25, -0.2) is 8.78 Å². The molecule has 0 saturated carbocycles. The van der Waals surface area contributed by atoms with Gasteiger partial charge in [0.25, 0.3) is 5.56 Å². The average Bonchev–Trinajstić information content (AvgIpc) is 2.93. The number of rotatable bonds is 6. The smallest absolute Gasteiger partial charge is 0.419 e. The van der Waals surface area contributed by atoms with Crippen molar-refractivity contribution in [2.45, 2.75) is 19.1 Å². The molecule has 5 rings (SSSR count). The highest BCUT2D eigenvalue weighted by Crippen LogP contribution is 2.38. The highest BCUT2D eigenvalue weighted by molar-refractivity contribution is 7.90. The van der Waals surface area contributed by atoms with Crippen molar-refractivity contribution >= 4 is 16.0 Å². The van der Waals surface area contributed by atoms with Crippen molar-refractivity contribution in [1.82, 2.24) is 19.1 Å². The lowest BCUT2D eigenvalue weighted by atomic mass is 10.0. The zero-order valence-corrected chi connectivity index (χ0v) is 21.9. The van der Waals surface area contributed by atoms with Crippen LogP contribution >= 0.6 is 0 Å². The fraction of sp³-hybridized carbons (Fsp3) is 0.192. The topological polar surface area (TPSA) is 106 Å². The van der Waals surface area contributed by atoms with Gasteiger partial charge in [-0.1, -0.05) is 12.1 Å². The summed E-state index contributed by atoms with van der Waals surface area (Å²) in [5, 5.41) is 7.34. The highest BCUT2D eigenvalue weighted by atomic mass is 32.2. The molecule has 0 atom stereocenters. The molecule has 1 N–H and O–H groups in total. The Morgan fingerprint density at radius 1 is 1.02 bits per heavy atom. The zero-order chi connectivity index (χ0) is 29.5. The van der Waals surface area contributed by atoms with Gasteiger partial charge in [0.1, 0.15) is 17.4 Å². The molecule has 2 aromatic heterocycles. The van der Waals surface area contributed by atoms with Gasteiger partial charge in [0.15, 0.2) is 5.82 Å². The Kier molecular flexibility index (Phi) is 7.25. The van der Waals surface area contributed by atoms with Crippen LogP contribution < -0.4 is 15.0 Å². The summed E-state index contributed by atoms with van der Waals surface area (Å²) in [6, 6.07) is 9.74. The van der Waals surface area contributed by atoms with Crippen molar-refractivity contribution in [3.05, 3.63) is 99.6 Å². The molecule has 0 bridgehead atoms. The molecule has 41 heavy (non-hydrogen) atoms. The van der Waals surface area contributed by atoms with Crippen molar-refractivity contribution in [2.24, 2.45) is 0 Å². The lowest BCUT2D eigenvalue weighted by Crippen LogP contribution is -2.41. The van der Waals surface area contributed by atoms with Crippen molar-refractivity contribution < 1.29 is 35.1 Å². The van der Waals surface area contributed by atoms with Gasteiger partial charge in [-0.3, -0.25) is 14.1 Å². The fourth-order valence-corrected chi connectivity index (χ4v) is 5.71. The molecule has 0 fully saturated rings. The Morgan fingerprint density at radius 3 is 2.49 bits per heavy atom. The fourth-order valence-electron chi connectivity index (χ4n) is 4.57. The molecule has 0 unspecified atom stereocenters. The van der Waals surface area contributed by atoms with Gasteiger partial charge in [0.05, 0.1) is 18.4 Å². The SMILES string of the molecule is COc1cc(-c2ccc(F)c(C(F)(F)F)c2)c(F)cc1-n1c2c(ccc1=O)CN(S(=O)(=O)Nc1cccnn1)CC2. The van der Waals surface area contributed by atoms with Gasteiger partial charge >= 0.3 is 16.4 Å². The monoisotopic (exact) mass is 593 g/mol. The van der Waals surface area contributed by atoms with Crippen LogP contribution in [0.1, 0.15) is 16.8 Å². The quantitative estimate of drug-likeness (QED) is 0.334. The molecule has 214 valence electrons. The first-order valence-corrected chi connectivity index (χ1v) is 13.4. The van der Waals surface area contributed by atoms with Gasteiger partial charge in [0.2, 0.25) is 0 Å². The van der Waals surface area contributed by atoms with Crippen molar-refractivity contribution in [1.29, 1.82) is 0 Å². The Balaban J connectivity index is 1.54. The van der Waals surface area contributed by atoms with E-state index in [0.717, 1.165) is 22.5 Å². The number of ether oxygens (including phenoxy) is 1. The van der Waals surface area contributed by atoms with Gasteiger partial charge in [0, 0.05) is 49.1 Å². The standard InChI is InChI=1S/C26H20F5N5O4S/c1-40-23-12-17(15-4-6-19(27)18(11-15)26(29,30)31)20(28)13-22(23)36-21-8-10-35(14-16(21)5-7-25(36)37)41(38,39)34-24-3-2-9-32-33-24/h2-7,9,11-13H,8,10,14H2,1H3,(H,33,34). The zero-order valence-electron chi connectivity index (χ0n) is 21.1. The first kappa shape index (κ1) is 28.2. The maximum Gasteiger partial charge on any atom is 0.419 e. The number of nitrogens with one attached hydrogen (secondary N) is 1. The minimum Gasteiger partial charge on any atom is -0.495 e. The van der Waals surface area contributed by atoms with E-state index in [2.05, 4.69) is 14.9 Å². The second kappa shape index (κ2) is 10.6. The van der Waals surface area contributed by atoms with Crippen LogP contribution in [0.3, 0.4) is 0 Å². The van der Waals surface area contributed by atoms with E-state index < -0.39 is 39.1 Å². The van der Waals surface area contributed by atoms with Crippen LogP contribution in [-0.4, -0.2) is 41.1 Å². The number of nitrogens with zero attached hydrogens (tertiary/aromatic N) is 4. The van der Waals surface area contributed by atoms with Gasteiger partial charge in [-0.05, 0) is 41.5 Å². The third-order valence-electron chi connectivity index (χ3n) is 6.47. The molecule has 1 aliphatic heterocycles. The van der Waals surface area contributed by atoms with E-state index in [0.29, 0.717) is 23.4 Å². The lowest BCUT2D eigenvalue weighted by Gasteiger charge is -2.30. The van der Waals surface area contributed by atoms with E-state index in [1.807, 2.05) is 0 Å². The molecule has 1 aliphatic rings. The molecular formula is C26H20F5N5O4S. The third kappa shape index (κ3) is 5.50. The summed E-state index contributed by atoms with van der Waals surface area (Å²) in [7, 11) is -2.80. The van der Waals surface area contributed by atoms with Crippen LogP contribution in [0.4, 0.5) is 27.8 Å². The molecule has 0 spiro atoms. The van der Waals surface area contributed by atoms with E-state index in [1.165, 1.54) is 42.1 Å². The first-order valence-electron chi connectivity index (χ1n) is 11.9. The molecular weight excluding hydrogens is 573 g/mol. The molecule has 0 radical (unpaired) electrons. The minimum absolute atomic E-state index is 0.0204. The predicted octanol–water partition coefficient (Wildman–Crippen LogP) is 4.32. The lowest BCUT2D eigenvalue weighted by molar-refractivity contribution is -0.139. The molecule has 9 nitrogen and oxygen atoms in total. The van der Waals surface area contributed by atoms with E-state index in [9.17, 15) is 30.8 Å². The van der Waals surface area contributed by atoms with Crippen molar-refractivity contribution in [3.63, 3.8) is 0 Å². The molecule has 3 heterocycles. The Labute approximate surface area is 230 Å². The van der Waals surface area contributed by atoms with Gasteiger partial charge < -0.3 is 4.74 Å². The summed E-state index contributed by atoms with van der Waals surface area (Å²) in [6.07, 6.45) is -3.55. The van der Waals surface area contributed by atoms with E-state index in [1.54, 1.807) is 0 Å². The number of methoxy groups -OCH3 is 1. The summed E-state index contributed by atoms with van der Waals surface area (Å²) in [5.74, 6) is -2.52. The Morgan fingerprint density at radius 2 is 1.80 bits per heavy atom. The molecule has 0 saturated heterocycles. The maximum absolute atomic E-state index is 15.4. The van der Waals surface area contributed by atoms with E-state index >= 15 is 4.39 Å². The largest absolute Gasteiger partial charge is 0.495 e. The third-order valence-corrected chi connectivity index (χ3v) is 7.93. The number of halogens is 5. The number of anilines is 1. The number of alkyl halides is 3. The first-order chi connectivity index (χ1) is 19.4. The molecule has 4 aromatic rings. The number of aromatic nitrogens is 3. The van der Waals surface area contributed by atoms with Gasteiger partial charge in [-0.2, -0.15) is 31.0 Å². The van der Waals surface area contributed by atoms with Crippen LogP contribution in [0.2, 0.25) is 0 Å². The highest BCUT2D eigenvalue weighted by Gasteiger charge is 2.35. The molecule has 0 aliphatic carbocycles. The number of benzene rings is 2. The number of hydrogen-bond acceptors (Lipinski definition) is 6. The second-order valence-electron chi connectivity index (χ2n) is 8.97. The van der Waals surface area contributed by atoms with Crippen LogP contribution in [0.25, 0.3) is 16.8 Å². The number of pyridine rings is 1. The normalized spacial score (nSPS) is 14.0. The summed E-state index contributed by atoms with van der Waals surface area (Å²) < 4.78 is 105. The average molecular weight is 594 g/mol. The van der Waals surface area contributed by atoms with E-state index in [-0.39, 0.29) is 47.9 Å². The Bertz CT molecular complexity index is 1800. The van der Waals surface area contributed by atoms with Crippen LogP contribution in [-0.2, 0) is 29.4 Å². The number of fused-ring (bicyclic) bond motifs is 1. The minimum atomic E-state index is -5.00.